The highest BCUT2D eigenvalue weighted by molar-refractivity contribution is 5.72. The predicted molar refractivity (Wildman–Crippen MR) is 88.3 cm³/mol. The summed E-state index contributed by atoms with van der Waals surface area (Å²) >= 11 is 0. The highest BCUT2D eigenvalue weighted by Gasteiger charge is 2.21. The number of rotatable bonds is 2. The number of benzene rings is 1. The molecule has 0 aliphatic heterocycles. The summed E-state index contributed by atoms with van der Waals surface area (Å²) in [6, 6.07) is 3.54. The van der Waals surface area contributed by atoms with E-state index in [2.05, 4.69) is 26.0 Å². The number of allylic oxidation sites excluding steroid dienone is 4. The molecule has 0 heterocycles. The van der Waals surface area contributed by atoms with Gasteiger partial charge in [-0.3, -0.25) is 0 Å². The van der Waals surface area contributed by atoms with Crippen molar-refractivity contribution in [3.8, 4) is 0 Å². The van der Waals surface area contributed by atoms with Gasteiger partial charge in [-0.05, 0) is 61.5 Å². The fraction of sp³-hybridized carbons (Fsp3) is 0.500. The maximum atomic E-state index is 14.5. The molecule has 0 amide bonds. The summed E-state index contributed by atoms with van der Waals surface area (Å²) < 4.78 is 29.1. The molecule has 2 aliphatic rings. The molecule has 0 spiro atoms. The van der Waals surface area contributed by atoms with Crippen LogP contribution in [0, 0.1) is 23.5 Å². The first-order chi connectivity index (χ1) is 10.6. The number of halogens is 2. The zero-order valence-electron chi connectivity index (χ0n) is 13.5. The molecule has 1 aromatic carbocycles. The topological polar surface area (TPSA) is 0 Å². The highest BCUT2D eigenvalue weighted by atomic mass is 19.2. The average Bonchev–Trinajstić information content (AvgIpc) is 2.52. The summed E-state index contributed by atoms with van der Waals surface area (Å²) in [6.45, 7) is 4.40. The zero-order valence-corrected chi connectivity index (χ0v) is 13.5. The molecule has 0 N–H and O–H groups in total. The minimum Gasteiger partial charge on any atom is -0.203 e. The molecule has 1 unspecified atom stereocenters. The maximum absolute atomic E-state index is 14.5. The number of hydrogen-bond donors (Lipinski definition) is 0. The van der Waals surface area contributed by atoms with Gasteiger partial charge in [-0.1, -0.05) is 38.1 Å². The molecule has 0 radical (unpaired) electrons. The second kappa shape index (κ2) is 6.36. The van der Waals surface area contributed by atoms with E-state index in [1.54, 1.807) is 12.1 Å². The van der Waals surface area contributed by atoms with Gasteiger partial charge in [0, 0.05) is 11.1 Å². The van der Waals surface area contributed by atoms with Crippen LogP contribution in [0.1, 0.15) is 63.5 Å². The lowest BCUT2D eigenvalue weighted by molar-refractivity contribution is 0.495. The molecule has 1 aromatic rings. The normalized spacial score (nSPS) is 25.6. The fourth-order valence-electron chi connectivity index (χ4n) is 3.47. The van der Waals surface area contributed by atoms with Crippen LogP contribution in [-0.4, -0.2) is 0 Å². The Labute approximate surface area is 131 Å². The molecule has 3 rings (SSSR count). The second-order valence-electron chi connectivity index (χ2n) is 7.01. The Bertz CT molecular complexity index is 570. The molecule has 0 saturated carbocycles. The van der Waals surface area contributed by atoms with Crippen LogP contribution in [0.5, 0.6) is 0 Å². The monoisotopic (exact) mass is 302 g/mol. The van der Waals surface area contributed by atoms with Crippen molar-refractivity contribution < 1.29 is 8.78 Å². The van der Waals surface area contributed by atoms with E-state index in [-0.39, 0.29) is 0 Å². The molecule has 0 saturated heterocycles. The van der Waals surface area contributed by atoms with Crippen LogP contribution in [-0.2, 0) is 0 Å². The second-order valence-corrected chi connectivity index (χ2v) is 7.01. The molecule has 0 bridgehead atoms. The Morgan fingerprint density at radius 2 is 1.18 bits per heavy atom. The molecule has 0 nitrogen and oxygen atoms in total. The minimum absolute atomic E-state index is 0.456. The first kappa shape index (κ1) is 15.5. The average molecular weight is 302 g/mol. The molecule has 0 aromatic heterocycles. The van der Waals surface area contributed by atoms with Crippen molar-refractivity contribution in [2.75, 3.05) is 0 Å². The van der Waals surface area contributed by atoms with Gasteiger partial charge >= 0.3 is 0 Å². The van der Waals surface area contributed by atoms with Crippen molar-refractivity contribution in [1.29, 1.82) is 0 Å². The quantitative estimate of drug-likeness (QED) is 0.595. The fourth-order valence-corrected chi connectivity index (χ4v) is 3.47. The first-order valence-electron chi connectivity index (χ1n) is 8.43. The molecular formula is C20H24F2. The predicted octanol–water partition coefficient (Wildman–Crippen LogP) is 6.37. The van der Waals surface area contributed by atoms with Crippen molar-refractivity contribution in [3.05, 3.63) is 47.0 Å². The van der Waals surface area contributed by atoms with Gasteiger partial charge in [-0.15, -0.1) is 0 Å². The Morgan fingerprint density at radius 1 is 0.773 bits per heavy atom. The minimum atomic E-state index is -0.669. The summed E-state index contributed by atoms with van der Waals surface area (Å²) in [5.74, 6) is -0.0497. The summed E-state index contributed by atoms with van der Waals surface area (Å²) in [5.41, 5.74) is 2.84. The van der Waals surface area contributed by atoms with Gasteiger partial charge in [-0.25, -0.2) is 8.78 Å². The van der Waals surface area contributed by atoms with Gasteiger partial charge in [0.1, 0.15) is 0 Å². The summed E-state index contributed by atoms with van der Waals surface area (Å²) in [6.07, 6.45) is 9.87. The maximum Gasteiger partial charge on any atom is 0.166 e. The van der Waals surface area contributed by atoms with E-state index >= 15 is 0 Å². The van der Waals surface area contributed by atoms with Crippen molar-refractivity contribution >= 4 is 11.1 Å². The number of hydrogen-bond acceptors (Lipinski definition) is 0. The third-order valence-corrected chi connectivity index (χ3v) is 5.12. The van der Waals surface area contributed by atoms with Crippen molar-refractivity contribution in [1.82, 2.24) is 0 Å². The molecular weight excluding hydrogens is 278 g/mol. The Hall–Kier alpha value is -1.44. The smallest absolute Gasteiger partial charge is 0.166 e. The summed E-state index contributed by atoms with van der Waals surface area (Å²) in [5, 5.41) is 0. The van der Waals surface area contributed by atoms with E-state index in [4.69, 9.17) is 0 Å². The van der Waals surface area contributed by atoms with Crippen LogP contribution in [0.2, 0.25) is 0 Å². The Morgan fingerprint density at radius 3 is 1.50 bits per heavy atom. The van der Waals surface area contributed by atoms with Gasteiger partial charge < -0.3 is 0 Å². The van der Waals surface area contributed by atoms with Gasteiger partial charge in [0.2, 0.25) is 0 Å². The molecule has 22 heavy (non-hydrogen) atoms. The van der Waals surface area contributed by atoms with E-state index in [0.717, 1.165) is 49.7 Å². The molecule has 2 aliphatic carbocycles. The van der Waals surface area contributed by atoms with E-state index in [1.807, 2.05) is 0 Å². The van der Waals surface area contributed by atoms with E-state index in [0.29, 0.717) is 23.0 Å². The van der Waals surface area contributed by atoms with E-state index < -0.39 is 11.6 Å². The lowest BCUT2D eigenvalue weighted by atomic mass is 9.85. The first-order valence-corrected chi connectivity index (χ1v) is 8.43. The van der Waals surface area contributed by atoms with E-state index in [1.165, 1.54) is 0 Å². The summed E-state index contributed by atoms with van der Waals surface area (Å²) in [4.78, 5) is 0. The highest BCUT2D eigenvalue weighted by Crippen LogP contribution is 2.36. The van der Waals surface area contributed by atoms with Crippen LogP contribution in [0.15, 0.2) is 24.3 Å². The third kappa shape index (κ3) is 3.02. The van der Waals surface area contributed by atoms with E-state index in [9.17, 15) is 8.78 Å². The molecule has 118 valence electrons. The van der Waals surface area contributed by atoms with Crippen LogP contribution in [0.3, 0.4) is 0 Å². The zero-order chi connectivity index (χ0) is 15.7. The molecule has 0 fully saturated rings. The van der Waals surface area contributed by atoms with Crippen molar-refractivity contribution in [3.63, 3.8) is 0 Å². The Balaban J connectivity index is 1.92. The summed E-state index contributed by atoms with van der Waals surface area (Å²) in [7, 11) is 0. The van der Waals surface area contributed by atoms with Crippen LogP contribution < -0.4 is 0 Å². The van der Waals surface area contributed by atoms with Crippen LogP contribution >= 0.6 is 0 Å². The molecule has 2 atom stereocenters. The van der Waals surface area contributed by atoms with Crippen molar-refractivity contribution in [2.24, 2.45) is 11.8 Å². The lowest BCUT2D eigenvalue weighted by Gasteiger charge is -2.21. The van der Waals surface area contributed by atoms with Gasteiger partial charge in [0.05, 0.1) is 0 Å². The third-order valence-electron chi connectivity index (χ3n) is 5.12. The van der Waals surface area contributed by atoms with Crippen LogP contribution in [0.4, 0.5) is 8.78 Å². The van der Waals surface area contributed by atoms with Crippen LogP contribution in [0.25, 0.3) is 11.1 Å². The SMILES string of the molecule is CC1CC=C(c2ccc(C3=CC[C@@H](C)CC3)c(F)c2F)CC1. The lowest BCUT2D eigenvalue weighted by Crippen LogP contribution is -2.06. The molecule has 2 heteroatoms. The van der Waals surface area contributed by atoms with Crippen molar-refractivity contribution in [2.45, 2.75) is 52.4 Å². The van der Waals surface area contributed by atoms with Gasteiger partial charge in [0.25, 0.3) is 0 Å². The van der Waals surface area contributed by atoms with Gasteiger partial charge in [-0.2, -0.15) is 0 Å². The standard InChI is InChI=1S/C20H24F2/c1-13-3-7-15(8-4-13)17-11-12-18(20(22)19(17)21)16-9-5-14(2)6-10-16/h7,9,11-14H,3-6,8,10H2,1-2H3/t13-,14?/m1/s1. The van der Waals surface area contributed by atoms with Gasteiger partial charge in [0.15, 0.2) is 11.6 Å². The Kier molecular flexibility index (Phi) is 4.46. The largest absolute Gasteiger partial charge is 0.203 e.